The SMILES string of the molecule is CNc1cc([C@H]2CC[C@H](C)CN2C(=O)C(=O)Nc2cnc(N)c3cnn(COCC[Si](C)(C)C)c23)ccc1SC. The number of anilines is 3. The van der Waals surface area contributed by atoms with E-state index in [-0.39, 0.29) is 12.8 Å². The molecule has 0 bridgehead atoms. The number of rotatable bonds is 9. The standard InChI is InChI=1S/C28H41N7O3SSi/c1-18-7-9-23(19-8-10-24(39-3)21(13-19)30-2)34(16-18)28(37)27(36)33-22-15-31-26(29)20-14-32-35(25(20)22)17-38-11-12-40(4,5)6/h8,10,13-15,18,23,30H,7,9,11-12,16-17H2,1-6H3,(H2,29,31)(H,33,36)/t18-,23+/m0/s1. The minimum Gasteiger partial charge on any atom is -0.387 e. The molecule has 2 amide bonds. The lowest BCUT2D eigenvalue weighted by molar-refractivity contribution is -0.146. The second-order valence-electron chi connectivity index (χ2n) is 11.6. The number of fused-ring (bicyclic) bond motifs is 1. The van der Waals surface area contributed by atoms with Crippen LogP contribution < -0.4 is 16.4 Å². The van der Waals surface area contributed by atoms with Crippen LogP contribution in [0.3, 0.4) is 0 Å². The average Bonchev–Trinajstić information content (AvgIpc) is 3.36. The van der Waals surface area contributed by atoms with E-state index in [1.54, 1.807) is 27.5 Å². The van der Waals surface area contributed by atoms with Gasteiger partial charge in [-0.05, 0) is 48.8 Å². The molecule has 0 saturated carbocycles. The maximum Gasteiger partial charge on any atom is 0.314 e. The molecular formula is C28H41N7O3SSi. The van der Waals surface area contributed by atoms with Gasteiger partial charge in [0, 0.05) is 38.9 Å². The van der Waals surface area contributed by atoms with E-state index in [2.05, 4.69) is 65.5 Å². The predicted molar refractivity (Wildman–Crippen MR) is 165 cm³/mol. The third-order valence-electron chi connectivity index (χ3n) is 7.31. The predicted octanol–water partition coefficient (Wildman–Crippen LogP) is 5.03. The molecule has 1 aromatic carbocycles. The second kappa shape index (κ2) is 12.6. The number of carbonyl (C=O) groups excluding carboxylic acids is 2. The van der Waals surface area contributed by atoms with E-state index in [4.69, 9.17) is 10.5 Å². The normalized spacial score (nSPS) is 17.7. The minimum absolute atomic E-state index is 0.188. The Morgan fingerprint density at radius 3 is 2.67 bits per heavy atom. The van der Waals surface area contributed by atoms with Gasteiger partial charge in [-0.25, -0.2) is 9.67 Å². The van der Waals surface area contributed by atoms with Gasteiger partial charge >= 0.3 is 11.8 Å². The van der Waals surface area contributed by atoms with E-state index in [0.717, 1.165) is 35.0 Å². The van der Waals surface area contributed by atoms with Crippen molar-refractivity contribution in [2.75, 3.05) is 42.8 Å². The number of nitrogens with zero attached hydrogens (tertiary/aromatic N) is 4. The molecule has 3 aromatic rings. The fourth-order valence-electron chi connectivity index (χ4n) is 5.00. The number of thioether (sulfide) groups is 1. The summed E-state index contributed by atoms with van der Waals surface area (Å²) in [7, 11) is 0.653. The van der Waals surface area contributed by atoms with Crippen molar-refractivity contribution < 1.29 is 14.3 Å². The number of benzene rings is 1. The van der Waals surface area contributed by atoms with E-state index in [9.17, 15) is 9.59 Å². The number of ether oxygens (including phenoxy) is 1. The largest absolute Gasteiger partial charge is 0.387 e. The number of likely N-dealkylation sites (tertiary alicyclic amines) is 1. The van der Waals surface area contributed by atoms with Crippen molar-refractivity contribution in [1.82, 2.24) is 19.7 Å². The zero-order valence-electron chi connectivity index (χ0n) is 24.3. The van der Waals surface area contributed by atoms with Crippen molar-refractivity contribution in [2.24, 2.45) is 5.92 Å². The van der Waals surface area contributed by atoms with Gasteiger partial charge in [-0.2, -0.15) is 5.10 Å². The number of aromatic nitrogens is 3. The Kier molecular flexibility index (Phi) is 9.42. The molecule has 0 aliphatic carbocycles. The number of pyridine rings is 1. The van der Waals surface area contributed by atoms with Gasteiger partial charge < -0.3 is 26.0 Å². The molecule has 1 saturated heterocycles. The van der Waals surface area contributed by atoms with Crippen molar-refractivity contribution >= 4 is 59.7 Å². The Bertz CT molecular complexity index is 1370. The Hall–Kier alpha value is -3.09. The first-order valence-electron chi connectivity index (χ1n) is 13.7. The van der Waals surface area contributed by atoms with Gasteiger partial charge in [0.2, 0.25) is 0 Å². The van der Waals surface area contributed by atoms with Gasteiger partial charge in [-0.1, -0.05) is 32.6 Å². The van der Waals surface area contributed by atoms with E-state index < -0.39 is 19.9 Å². The van der Waals surface area contributed by atoms with Crippen molar-refractivity contribution in [2.45, 2.75) is 63.1 Å². The molecule has 1 aliphatic heterocycles. The molecule has 4 N–H and O–H groups in total. The third kappa shape index (κ3) is 6.79. The molecule has 3 heterocycles. The van der Waals surface area contributed by atoms with Crippen molar-refractivity contribution in [3.63, 3.8) is 0 Å². The maximum atomic E-state index is 13.6. The van der Waals surface area contributed by atoms with Crippen molar-refractivity contribution in [1.29, 1.82) is 0 Å². The molecule has 12 heteroatoms. The molecule has 40 heavy (non-hydrogen) atoms. The lowest BCUT2D eigenvalue weighted by atomic mass is 9.89. The van der Waals surface area contributed by atoms with Gasteiger partial charge in [0.1, 0.15) is 12.5 Å². The van der Waals surface area contributed by atoms with Crippen LogP contribution >= 0.6 is 11.8 Å². The van der Waals surface area contributed by atoms with E-state index >= 15 is 0 Å². The van der Waals surface area contributed by atoms with Gasteiger partial charge in [0.05, 0.1) is 35.0 Å². The summed E-state index contributed by atoms with van der Waals surface area (Å²) in [5.41, 5.74) is 9.08. The van der Waals surface area contributed by atoms with Gasteiger partial charge in [0.15, 0.2) is 0 Å². The number of carbonyl (C=O) groups is 2. The molecule has 2 aromatic heterocycles. The molecule has 1 fully saturated rings. The highest BCUT2D eigenvalue weighted by atomic mass is 32.2. The number of piperidine rings is 1. The molecule has 0 unspecified atom stereocenters. The number of hydrogen-bond acceptors (Lipinski definition) is 8. The third-order valence-corrected chi connectivity index (χ3v) is 9.81. The van der Waals surface area contributed by atoms with E-state index in [1.807, 2.05) is 13.3 Å². The monoisotopic (exact) mass is 583 g/mol. The van der Waals surface area contributed by atoms with Crippen LogP contribution in [0.1, 0.15) is 31.4 Å². The Balaban J connectivity index is 1.56. The molecule has 10 nitrogen and oxygen atoms in total. The van der Waals surface area contributed by atoms with Crippen LogP contribution in [0.5, 0.6) is 0 Å². The van der Waals surface area contributed by atoms with Crippen LogP contribution in [-0.4, -0.2) is 66.0 Å². The van der Waals surface area contributed by atoms with Crippen LogP contribution in [0.4, 0.5) is 17.2 Å². The minimum atomic E-state index is -1.24. The summed E-state index contributed by atoms with van der Waals surface area (Å²) in [5.74, 6) is -0.693. The van der Waals surface area contributed by atoms with Crippen molar-refractivity contribution in [3.8, 4) is 0 Å². The Morgan fingerprint density at radius 1 is 1.20 bits per heavy atom. The van der Waals surface area contributed by atoms with Gasteiger partial charge in [-0.15, -0.1) is 11.8 Å². The molecule has 0 spiro atoms. The van der Waals surface area contributed by atoms with E-state index in [0.29, 0.717) is 41.5 Å². The molecule has 0 radical (unpaired) electrons. The number of amides is 2. The summed E-state index contributed by atoms with van der Waals surface area (Å²) in [6, 6.07) is 7.04. The number of nitrogens with two attached hydrogens (primary N) is 1. The van der Waals surface area contributed by atoms with Crippen LogP contribution in [0.15, 0.2) is 35.5 Å². The molecule has 1 aliphatic rings. The molecule has 4 rings (SSSR count). The second-order valence-corrected chi connectivity index (χ2v) is 18.1. The first-order chi connectivity index (χ1) is 19.0. The van der Waals surface area contributed by atoms with E-state index in [1.165, 1.54) is 6.20 Å². The molecular weight excluding hydrogens is 543 g/mol. The van der Waals surface area contributed by atoms with Gasteiger partial charge in [-0.3, -0.25) is 9.59 Å². The highest BCUT2D eigenvalue weighted by Crippen LogP contribution is 2.37. The van der Waals surface area contributed by atoms with Crippen LogP contribution in [0.2, 0.25) is 25.7 Å². The Labute approximate surface area is 241 Å². The Morgan fingerprint density at radius 2 is 1.98 bits per heavy atom. The van der Waals surface area contributed by atoms with Gasteiger partial charge in [0.25, 0.3) is 0 Å². The average molecular weight is 584 g/mol. The number of hydrogen-bond donors (Lipinski definition) is 3. The van der Waals surface area contributed by atoms with Crippen LogP contribution in [0, 0.1) is 5.92 Å². The topological polar surface area (TPSA) is 127 Å². The fourth-order valence-corrected chi connectivity index (χ4v) is 6.34. The highest BCUT2D eigenvalue weighted by molar-refractivity contribution is 7.98. The maximum absolute atomic E-state index is 13.6. The van der Waals surface area contributed by atoms with Crippen LogP contribution in [0.25, 0.3) is 10.9 Å². The lowest BCUT2D eigenvalue weighted by Gasteiger charge is -2.38. The summed E-state index contributed by atoms with van der Waals surface area (Å²) in [4.78, 5) is 34.1. The zero-order valence-corrected chi connectivity index (χ0v) is 26.1. The zero-order chi connectivity index (χ0) is 29.0. The van der Waals surface area contributed by atoms with Crippen LogP contribution in [-0.2, 0) is 21.1 Å². The summed E-state index contributed by atoms with van der Waals surface area (Å²) < 4.78 is 7.54. The highest BCUT2D eigenvalue weighted by Gasteiger charge is 2.35. The summed E-state index contributed by atoms with van der Waals surface area (Å²) >= 11 is 1.66. The number of nitrogens with one attached hydrogen (secondary N) is 2. The summed E-state index contributed by atoms with van der Waals surface area (Å²) in [5, 5.41) is 11.1. The summed E-state index contributed by atoms with van der Waals surface area (Å²) in [6.07, 6.45) is 6.88. The smallest absolute Gasteiger partial charge is 0.314 e. The quantitative estimate of drug-likeness (QED) is 0.139. The lowest BCUT2D eigenvalue weighted by Crippen LogP contribution is -2.46. The summed E-state index contributed by atoms with van der Waals surface area (Å²) in [6.45, 7) is 10.3. The molecule has 216 valence electrons. The first kappa shape index (κ1) is 29.9. The van der Waals surface area contributed by atoms with Crippen molar-refractivity contribution in [3.05, 3.63) is 36.2 Å². The number of nitrogen functional groups attached to an aromatic ring is 1. The molecule has 2 atom stereocenters. The fraction of sp³-hybridized carbons (Fsp3) is 0.500. The first-order valence-corrected chi connectivity index (χ1v) is 18.6.